The third kappa shape index (κ3) is 4.11. The standard InChI is InChI=1S/C19H15N5O3/c1-27-15-8-4-13(5-9-15)17-16(10-20)18(26)23-19(22-17)24-21-11-12-2-6-14(25)7-3-12/h2-9,11,25H,1H3,(H2,22,23,24,26)/b21-11+. The third-order valence-corrected chi connectivity index (χ3v) is 3.67. The van der Waals surface area contributed by atoms with Gasteiger partial charge in [-0.3, -0.25) is 9.78 Å². The molecular formula is C19H15N5O3. The summed E-state index contributed by atoms with van der Waals surface area (Å²) >= 11 is 0. The fourth-order valence-corrected chi connectivity index (χ4v) is 2.32. The summed E-state index contributed by atoms with van der Waals surface area (Å²) in [7, 11) is 1.55. The van der Waals surface area contributed by atoms with Crippen molar-refractivity contribution in [2.45, 2.75) is 0 Å². The van der Waals surface area contributed by atoms with E-state index in [2.05, 4.69) is 20.5 Å². The summed E-state index contributed by atoms with van der Waals surface area (Å²) in [6, 6.07) is 15.2. The molecule has 0 aliphatic carbocycles. The maximum absolute atomic E-state index is 12.2. The highest BCUT2D eigenvalue weighted by atomic mass is 16.5. The Kier molecular flexibility index (Phi) is 5.14. The highest BCUT2D eigenvalue weighted by Crippen LogP contribution is 2.22. The fraction of sp³-hybridized carbons (Fsp3) is 0.0526. The number of aromatic hydroxyl groups is 1. The van der Waals surface area contributed by atoms with E-state index in [1.807, 2.05) is 6.07 Å². The Morgan fingerprint density at radius 2 is 1.93 bits per heavy atom. The molecule has 8 heteroatoms. The molecule has 0 saturated carbocycles. The zero-order valence-corrected chi connectivity index (χ0v) is 14.3. The Morgan fingerprint density at radius 1 is 1.22 bits per heavy atom. The molecule has 3 rings (SSSR count). The van der Waals surface area contributed by atoms with Crippen LogP contribution in [-0.2, 0) is 0 Å². The first kappa shape index (κ1) is 17.7. The largest absolute Gasteiger partial charge is 0.508 e. The van der Waals surface area contributed by atoms with Crippen molar-refractivity contribution in [2.75, 3.05) is 12.5 Å². The molecule has 2 aromatic carbocycles. The second kappa shape index (κ2) is 7.84. The lowest BCUT2D eigenvalue weighted by molar-refractivity contribution is 0.415. The lowest BCUT2D eigenvalue weighted by atomic mass is 10.1. The molecule has 0 saturated heterocycles. The Bertz CT molecular complexity index is 1060. The highest BCUT2D eigenvalue weighted by molar-refractivity contribution is 5.80. The van der Waals surface area contributed by atoms with Crippen LogP contribution in [0.25, 0.3) is 11.3 Å². The lowest BCUT2D eigenvalue weighted by Gasteiger charge is -2.07. The number of phenolic OH excluding ortho intramolecular Hbond substituents is 1. The van der Waals surface area contributed by atoms with Crippen LogP contribution in [0.3, 0.4) is 0 Å². The zero-order chi connectivity index (χ0) is 19.2. The molecule has 0 amide bonds. The molecule has 0 spiro atoms. The average molecular weight is 361 g/mol. The average Bonchev–Trinajstić information content (AvgIpc) is 2.69. The van der Waals surface area contributed by atoms with Gasteiger partial charge >= 0.3 is 0 Å². The van der Waals surface area contributed by atoms with Crippen LogP contribution in [0.5, 0.6) is 11.5 Å². The minimum absolute atomic E-state index is 0.0896. The van der Waals surface area contributed by atoms with E-state index in [9.17, 15) is 15.2 Å². The van der Waals surface area contributed by atoms with Crippen LogP contribution in [0.4, 0.5) is 5.95 Å². The van der Waals surface area contributed by atoms with Gasteiger partial charge in [0.2, 0.25) is 5.95 Å². The SMILES string of the molecule is COc1ccc(-c2nc(N/N=C/c3ccc(O)cc3)[nH]c(=O)c2C#N)cc1. The molecular weight excluding hydrogens is 346 g/mol. The number of anilines is 1. The van der Waals surface area contributed by atoms with Crippen LogP contribution in [0.15, 0.2) is 58.4 Å². The van der Waals surface area contributed by atoms with Crippen molar-refractivity contribution < 1.29 is 9.84 Å². The lowest BCUT2D eigenvalue weighted by Crippen LogP contribution is -2.16. The molecule has 1 aromatic heterocycles. The number of nitrogens with one attached hydrogen (secondary N) is 2. The number of nitrogens with zero attached hydrogens (tertiary/aromatic N) is 3. The van der Waals surface area contributed by atoms with E-state index in [0.717, 1.165) is 5.56 Å². The van der Waals surface area contributed by atoms with Gasteiger partial charge in [0.25, 0.3) is 5.56 Å². The first-order valence-corrected chi connectivity index (χ1v) is 7.87. The summed E-state index contributed by atoms with van der Waals surface area (Å²) in [5, 5.41) is 22.6. The molecule has 3 N–H and O–H groups in total. The number of aromatic nitrogens is 2. The topological polar surface area (TPSA) is 123 Å². The fourth-order valence-electron chi connectivity index (χ4n) is 2.32. The summed E-state index contributed by atoms with van der Waals surface area (Å²) in [5.74, 6) is 0.904. The Balaban J connectivity index is 1.90. The number of nitriles is 1. The van der Waals surface area contributed by atoms with Crippen molar-refractivity contribution in [2.24, 2.45) is 5.10 Å². The molecule has 3 aromatic rings. The van der Waals surface area contributed by atoms with Crippen molar-refractivity contribution in [1.29, 1.82) is 5.26 Å². The van der Waals surface area contributed by atoms with E-state index in [1.54, 1.807) is 43.5 Å². The van der Waals surface area contributed by atoms with Gasteiger partial charge in [0.1, 0.15) is 23.1 Å². The number of H-pyrrole nitrogens is 1. The van der Waals surface area contributed by atoms with E-state index < -0.39 is 5.56 Å². The van der Waals surface area contributed by atoms with Gasteiger partial charge in [0, 0.05) is 5.56 Å². The van der Waals surface area contributed by atoms with Crippen LogP contribution < -0.4 is 15.7 Å². The number of hydrazone groups is 1. The number of rotatable bonds is 5. The van der Waals surface area contributed by atoms with Crippen LogP contribution in [0, 0.1) is 11.3 Å². The molecule has 27 heavy (non-hydrogen) atoms. The summed E-state index contributed by atoms with van der Waals surface area (Å²) in [5.41, 5.74) is 3.57. The predicted octanol–water partition coefficient (Wildman–Crippen LogP) is 2.47. The second-order valence-electron chi connectivity index (χ2n) is 5.44. The van der Waals surface area contributed by atoms with Gasteiger partial charge < -0.3 is 9.84 Å². The Morgan fingerprint density at radius 3 is 2.56 bits per heavy atom. The Labute approximate surface area is 154 Å². The maximum Gasteiger partial charge on any atom is 0.270 e. The first-order valence-electron chi connectivity index (χ1n) is 7.87. The molecule has 0 bridgehead atoms. The van der Waals surface area contributed by atoms with Crippen molar-refractivity contribution in [3.8, 4) is 28.8 Å². The van der Waals surface area contributed by atoms with Crippen molar-refractivity contribution in [3.63, 3.8) is 0 Å². The normalized spacial score (nSPS) is 10.5. The van der Waals surface area contributed by atoms with Crippen molar-refractivity contribution in [3.05, 3.63) is 70.0 Å². The van der Waals surface area contributed by atoms with E-state index in [0.29, 0.717) is 11.3 Å². The number of hydrogen-bond acceptors (Lipinski definition) is 7. The molecule has 8 nitrogen and oxygen atoms in total. The third-order valence-electron chi connectivity index (χ3n) is 3.67. The second-order valence-corrected chi connectivity index (χ2v) is 5.44. The predicted molar refractivity (Wildman–Crippen MR) is 101 cm³/mol. The van der Waals surface area contributed by atoms with E-state index in [4.69, 9.17) is 4.74 Å². The van der Waals surface area contributed by atoms with Gasteiger partial charge in [-0.15, -0.1) is 0 Å². The molecule has 0 radical (unpaired) electrons. The van der Waals surface area contributed by atoms with Gasteiger partial charge in [-0.2, -0.15) is 10.4 Å². The van der Waals surface area contributed by atoms with Crippen molar-refractivity contribution >= 4 is 12.2 Å². The first-order chi connectivity index (χ1) is 13.1. The number of benzene rings is 2. The molecule has 134 valence electrons. The van der Waals surface area contributed by atoms with Gasteiger partial charge in [0.05, 0.1) is 19.0 Å². The number of aromatic amines is 1. The number of hydrogen-bond donors (Lipinski definition) is 3. The molecule has 0 aliphatic heterocycles. The number of methoxy groups -OCH3 is 1. The molecule has 0 aliphatic rings. The van der Waals surface area contributed by atoms with Crippen LogP contribution in [-0.4, -0.2) is 28.4 Å². The van der Waals surface area contributed by atoms with Gasteiger partial charge in [-0.1, -0.05) is 0 Å². The summed E-state index contributed by atoms with van der Waals surface area (Å²) in [4.78, 5) is 19.0. The number of ether oxygens (including phenoxy) is 1. The maximum atomic E-state index is 12.2. The van der Waals surface area contributed by atoms with E-state index >= 15 is 0 Å². The smallest absolute Gasteiger partial charge is 0.270 e. The van der Waals surface area contributed by atoms with E-state index in [-0.39, 0.29) is 23.0 Å². The summed E-state index contributed by atoms with van der Waals surface area (Å²) < 4.78 is 5.11. The van der Waals surface area contributed by atoms with Crippen LogP contribution in [0.2, 0.25) is 0 Å². The highest BCUT2D eigenvalue weighted by Gasteiger charge is 2.13. The minimum atomic E-state index is -0.569. The van der Waals surface area contributed by atoms with Gasteiger partial charge in [-0.25, -0.2) is 10.4 Å². The van der Waals surface area contributed by atoms with E-state index in [1.165, 1.54) is 18.3 Å². The molecule has 1 heterocycles. The zero-order valence-electron chi connectivity index (χ0n) is 14.3. The summed E-state index contributed by atoms with van der Waals surface area (Å²) in [6.07, 6.45) is 1.50. The van der Waals surface area contributed by atoms with Crippen molar-refractivity contribution in [1.82, 2.24) is 9.97 Å². The van der Waals surface area contributed by atoms with Crippen LogP contribution >= 0.6 is 0 Å². The quantitative estimate of drug-likeness (QED) is 0.474. The van der Waals surface area contributed by atoms with Gasteiger partial charge in [0.15, 0.2) is 0 Å². The van der Waals surface area contributed by atoms with Gasteiger partial charge in [-0.05, 0) is 54.1 Å². The minimum Gasteiger partial charge on any atom is -0.508 e. The molecule has 0 atom stereocenters. The molecule has 0 fully saturated rings. The summed E-state index contributed by atoms with van der Waals surface area (Å²) in [6.45, 7) is 0. The molecule has 0 unspecified atom stereocenters. The monoisotopic (exact) mass is 361 g/mol. The van der Waals surface area contributed by atoms with Crippen LogP contribution in [0.1, 0.15) is 11.1 Å². The Hall–Kier alpha value is -4.12. The number of phenols is 1.